The van der Waals surface area contributed by atoms with Gasteiger partial charge in [0.2, 0.25) is 0 Å². The first kappa shape index (κ1) is 43.2. The van der Waals surface area contributed by atoms with E-state index in [1.807, 2.05) is 66.7 Å². The zero-order valence-electron chi connectivity index (χ0n) is 33.2. The molecule has 5 N–H and O–H groups in total. The third-order valence-corrected chi connectivity index (χ3v) is 13.2. The Morgan fingerprint density at radius 1 is 0.902 bits per heavy atom. The molecule has 0 aliphatic carbocycles. The number of carbonyl (C=O) groups excluding carboxylic acids is 1. The molecular weight excluding hydrogens is 834 g/mol. The summed E-state index contributed by atoms with van der Waals surface area (Å²) in [6.45, 7) is 4.53. The van der Waals surface area contributed by atoms with Crippen LogP contribution in [0.1, 0.15) is 24.8 Å². The molecule has 0 saturated carbocycles. The molecule has 1 atom stereocenters. The molecule has 6 aromatic rings. The van der Waals surface area contributed by atoms with Crippen LogP contribution in [0.4, 0.5) is 27.7 Å². The van der Waals surface area contributed by atoms with Crippen molar-refractivity contribution in [3.63, 3.8) is 0 Å². The molecular formula is C44H46ClN9O5S2. The van der Waals surface area contributed by atoms with Crippen LogP contribution in [0.2, 0.25) is 5.02 Å². The summed E-state index contributed by atoms with van der Waals surface area (Å²) in [6.07, 6.45) is 3.32. The number of halogens is 1. The van der Waals surface area contributed by atoms with Crippen LogP contribution < -0.4 is 26.0 Å². The number of amides is 2. The Bertz CT molecular complexity index is 2580. The Hall–Kier alpha value is -5.94. The van der Waals surface area contributed by atoms with Gasteiger partial charge < -0.3 is 21.3 Å². The molecule has 316 valence electrons. The summed E-state index contributed by atoms with van der Waals surface area (Å²) in [6, 6.07) is 34.8. The normalized spacial score (nSPS) is 13.8. The van der Waals surface area contributed by atoms with Crippen LogP contribution in [0, 0.1) is 10.1 Å². The highest BCUT2D eigenvalue weighted by Crippen LogP contribution is 2.33. The number of primary amides is 1. The molecule has 1 saturated heterocycles. The number of nitrogens with one attached hydrogen (secondary N) is 3. The molecule has 1 aliphatic heterocycles. The second kappa shape index (κ2) is 20.1. The molecule has 1 aliphatic rings. The maximum absolute atomic E-state index is 13.8. The molecule has 61 heavy (non-hydrogen) atoms. The number of benzene rings is 5. The van der Waals surface area contributed by atoms with Gasteiger partial charge in [-0.1, -0.05) is 66.2 Å². The SMILES string of the molecule is NC(=O)NCCCCC(CSc1ccccc1)Nc1ccc(S(=O)(=O)Nc2ncnc3cc(N4CCN(Cc5ccccc5-c5ccc(Cl)cc5)CC4)ccc23)cc1[N+](=O)[O-]. The van der Waals surface area contributed by atoms with Gasteiger partial charge in [0.15, 0.2) is 5.82 Å². The highest BCUT2D eigenvalue weighted by atomic mass is 35.5. The Balaban J connectivity index is 1.01. The minimum Gasteiger partial charge on any atom is -0.376 e. The Kier molecular flexibility index (Phi) is 14.2. The first-order valence-electron chi connectivity index (χ1n) is 19.9. The van der Waals surface area contributed by atoms with Crippen LogP contribution in [-0.4, -0.2) is 78.8 Å². The molecule has 2 amide bonds. The number of piperazine rings is 1. The number of sulfonamides is 1. The smallest absolute Gasteiger partial charge is 0.312 e. The summed E-state index contributed by atoms with van der Waals surface area (Å²) in [5, 5.41) is 19.4. The van der Waals surface area contributed by atoms with Gasteiger partial charge in [0.25, 0.3) is 15.7 Å². The van der Waals surface area contributed by atoms with Crippen LogP contribution in [0.25, 0.3) is 22.0 Å². The number of unbranched alkanes of at least 4 members (excludes halogenated alkanes) is 1. The predicted molar refractivity (Wildman–Crippen MR) is 244 cm³/mol. The van der Waals surface area contributed by atoms with E-state index in [1.165, 1.54) is 29.6 Å². The van der Waals surface area contributed by atoms with E-state index >= 15 is 0 Å². The zero-order chi connectivity index (χ0) is 42.8. The van der Waals surface area contributed by atoms with E-state index in [0.29, 0.717) is 47.5 Å². The Morgan fingerprint density at radius 2 is 1.66 bits per heavy atom. The van der Waals surface area contributed by atoms with Gasteiger partial charge in [0.1, 0.15) is 12.0 Å². The molecule has 14 nitrogen and oxygen atoms in total. The molecule has 1 fully saturated rings. The van der Waals surface area contributed by atoms with Crippen molar-refractivity contribution in [2.24, 2.45) is 5.73 Å². The lowest BCUT2D eigenvalue weighted by molar-refractivity contribution is -0.384. The van der Waals surface area contributed by atoms with Crippen molar-refractivity contribution in [1.82, 2.24) is 20.2 Å². The first-order chi connectivity index (χ1) is 29.5. The van der Waals surface area contributed by atoms with E-state index in [2.05, 4.69) is 59.4 Å². The quantitative estimate of drug-likeness (QED) is 0.0281. The maximum Gasteiger partial charge on any atom is 0.312 e. The molecule has 17 heteroatoms. The van der Waals surface area contributed by atoms with Gasteiger partial charge in [-0.05, 0) is 90.6 Å². The van der Waals surface area contributed by atoms with Crippen LogP contribution >= 0.6 is 23.4 Å². The van der Waals surface area contributed by atoms with Crippen molar-refractivity contribution in [2.45, 2.75) is 41.6 Å². The number of nitrogens with zero attached hydrogens (tertiary/aromatic N) is 5. The standard InChI is InChI=1S/C44H46ClN9O5S2/c45-33-15-13-31(14-16-33)38-12-5-4-8-32(38)28-52-22-24-53(25-23-52)35-17-19-39-41(26-35)48-30-49-43(39)51-61(58,59)37-18-20-40(42(27-37)54(56)57)50-34(9-6-7-21-47-44(46)55)29-60-36-10-2-1-3-11-36/h1-5,8,10-20,26-27,30,34,50H,6-7,9,21-25,28-29H2,(H3,46,47,55)(H,48,49,51). The highest BCUT2D eigenvalue weighted by Gasteiger charge is 2.25. The maximum atomic E-state index is 13.8. The first-order valence-corrected chi connectivity index (χ1v) is 22.7. The summed E-state index contributed by atoms with van der Waals surface area (Å²) in [7, 11) is -4.31. The lowest BCUT2D eigenvalue weighted by Gasteiger charge is -2.36. The third-order valence-electron chi connectivity index (χ3n) is 10.5. The molecule has 0 bridgehead atoms. The number of hydrogen-bond acceptors (Lipinski definition) is 11. The average molecular weight is 880 g/mol. The summed E-state index contributed by atoms with van der Waals surface area (Å²) in [4.78, 5) is 37.0. The number of anilines is 3. The minimum atomic E-state index is -4.31. The largest absolute Gasteiger partial charge is 0.376 e. The monoisotopic (exact) mass is 879 g/mol. The van der Waals surface area contributed by atoms with Crippen molar-refractivity contribution in [2.75, 3.05) is 53.4 Å². The highest BCUT2D eigenvalue weighted by molar-refractivity contribution is 7.99. The van der Waals surface area contributed by atoms with Crippen molar-refractivity contribution in [3.05, 3.63) is 142 Å². The van der Waals surface area contributed by atoms with Gasteiger partial charge in [0.05, 0.1) is 15.3 Å². The van der Waals surface area contributed by atoms with Crippen molar-refractivity contribution in [1.29, 1.82) is 0 Å². The number of thioether (sulfide) groups is 1. The number of hydrogen-bond donors (Lipinski definition) is 4. The van der Waals surface area contributed by atoms with Gasteiger partial charge in [-0.25, -0.2) is 23.2 Å². The lowest BCUT2D eigenvalue weighted by atomic mass is 9.99. The van der Waals surface area contributed by atoms with Gasteiger partial charge in [-0.15, -0.1) is 11.8 Å². The number of rotatable bonds is 18. The molecule has 5 aromatic carbocycles. The van der Waals surface area contributed by atoms with E-state index in [4.69, 9.17) is 17.3 Å². The lowest BCUT2D eigenvalue weighted by Crippen LogP contribution is -2.46. The fourth-order valence-corrected chi connectivity index (χ4v) is 9.46. The van der Waals surface area contributed by atoms with Crippen LogP contribution in [0.3, 0.4) is 0 Å². The fraction of sp³-hybridized carbons (Fsp3) is 0.250. The number of fused-ring (bicyclic) bond motifs is 1. The molecule has 2 heterocycles. The number of carbonyl (C=O) groups is 1. The van der Waals surface area contributed by atoms with E-state index in [-0.39, 0.29) is 28.1 Å². The van der Waals surface area contributed by atoms with Crippen molar-refractivity contribution < 1.29 is 18.1 Å². The number of aromatic nitrogens is 2. The Labute approximate surface area is 364 Å². The van der Waals surface area contributed by atoms with Gasteiger partial charge in [-0.2, -0.15) is 0 Å². The molecule has 0 spiro atoms. The summed E-state index contributed by atoms with van der Waals surface area (Å²) in [5.74, 6) is 0.653. The zero-order valence-corrected chi connectivity index (χ0v) is 35.6. The third kappa shape index (κ3) is 11.5. The van der Waals surface area contributed by atoms with E-state index < -0.39 is 21.0 Å². The minimum absolute atomic E-state index is 0.0643. The summed E-state index contributed by atoms with van der Waals surface area (Å²) >= 11 is 7.74. The van der Waals surface area contributed by atoms with Gasteiger partial charge >= 0.3 is 6.03 Å². The number of urea groups is 1. The predicted octanol–water partition coefficient (Wildman–Crippen LogP) is 8.39. The molecule has 0 radical (unpaired) electrons. The van der Waals surface area contributed by atoms with Gasteiger partial charge in [-0.3, -0.25) is 19.7 Å². The molecule has 7 rings (SSSR count). The average Bonchev–Trinajstić information content (AvgIpc) is 3.26. The van der Waals surface area contributed by atoms with Crippen molar-refractivity contribution >= 4 is 73.2 Å². The molecule has 1 unspecified atom stereocenters. The van der Waals surface area contributed by atoms with Crippen molar-refractivity contribution in [3.8, 4) is 11.1 Å². The number of nitrogens with two attached hydrogens (primary N) is 1. The van der Waals surface area contributed by atoms with E-state index in [1.54, 1.807) is 17.8 Å². The van der Waals surface area contributed by atoms with Crippen LogP contribution in [0.5, 0.6) is 0 Å². The second-order valence-corrected chi connectivity index (χ2v) is 17.9. The van der Waals surface area contributed by atoms with Crippen LogP contribution in [0.15, 0.2) is 131 Å². The van der Waals surface area contributed by atoms with Crippen LogP contribution in [-0.2, 0) is 16.6 Å². The summed E-state index contributed by atoms with van der Waals surface area (Å²) in [5.41, 5.74) is 10.1. The second-order valence-electron chi connectivity index (χ2n) is 14.6. The van der Waals surface area contributed by atoms with E-state index in [0.717, 1.165) is 54.9 Å². The van der Waals surface area contributed by atoms with Gasteiger partial charge in [0, 0.05) is 78.1 Å². The summed E-state index contributed by atoms with van der Waals surface area (Å²) < 4.78 is 30.1. The number of nitro benzene ring substituents is 1. The fourth-order valence-electron chi connectivity index (χ4n) is 7.29. The Morgan fingerprint density at radius 3 is 2.41 bits per heavy atom. The number of nitro groups is 1. The topological polar surface area (TPSA) is 189 Å². The van der Waals surface area contributed by atoms with E-state index in [9.17, 15) is 23.3 Å². The molecule has 1 aromatic heterocycles.